The number of benzene rings is 1. The Morgan fingerprint density at radius 2 is 1.83 bits per heavy atom. The number of carbonyl (C=O) groups excluding carboxylic acids is 1. The maximum atomic E-state index is 11.7. The van der Waals surface area contributed by atoms with Crippen molar-refractivity contribution >= 4 is 22.0 Å². The molecule has 0 aliphatic rings. The van der Waals surface area contributed by atoms with Crippen molar-refractivity contribution in [2.75, 3.05) is 18.5 Å². The van der Waals surface area contributed by atoms with E-state index in [9.17, 15) is 4.79 Å². The van der Waals surface area contributed by atoms with E-state index in [0.717, 1.165) is 12.8 Å². The van der Waals surface area contributed by atoms with Crippen molar-refractivity contribution in [1.29, 1.82) is 0 Å². The van der Waals surface area contributed by atoms with Gasteiger partial charge in [-0.25, -0.2) is 4.79 Å². The normalized spacial score (nSPS) is 14.1. The van der Waals surface area contributed by atoms with Crippen LogP contribution in [0.1, 0.15) is 39.7 Å². The van der Waals surface area contributed by atoms with E-state index in [2.05, 4.69) is 33.4 Å². The van der Waals surface area contributed by atoms with Crippen molar-refractivity contribution in [3.8, 4) is 0 Å². The fraction of sp³-hybridized carbons (Fsp3) is 0.611. The molecule has 130 valence electrons. The van der Waals surface area contributed by atoms with E-state index in [-0.39, 0.29) is 0 Å². The molecule has 0 aliphatic carbocycles. The van der Waals surface area contributed by atoms with Crippen LogP contribution in [-0.4, -0.2) is 35.8 Å². The standard InChI is InChI=1S/C18H28BrNO3/c1-17(2,3)23-16(21)20-14-18(4,13-19)22-12-8-11-15-9-6-5-7-10-15/h5-7,9-10H,8,11-14H2,1-4H3,(H,20,21). The predicted molar refractivity (Wildman–Crippen MR) is 97.2 cm³/mol. The quantitative estimate of drug-likeness (QED) is 0.535. The average Bonchev–Trinajstić information content (AvgIpc) is 2.49. The van der Waals surface area contributed by atoms with E-state index < -0.39 is 17.3 Å². The highest BCUT2D eigenvalue weighted by Crippen LogP contribution is 2.15. The molecule has 1 N–H and O–H groups in total. The van der Waals surface area contributed by atoms with Gasteiger partial charge in [0.05, 0.1) is 12.1 Å². The van der Waals surface area contributed by atoms with Gasteiger partial charge in [-0.3, -0.25) is 0 Å². The van der Waals surface area contributed by atoms with Gasteiger partial charge >= 0.3 is 6.09 Å². The van der Waals surface area contributed by atoms with Crippen LogP contribution in [0.5, 0.6) is 0 Å². The van der Waals surface area contributed by atoms with Crippen LogP contribution in [-0.2, 0) is 15.9 Å². The van der Waals surface area contributed by atoms with Crippen molar-refractivity contribution in [2.45, 2.75) is 51.7 Å². The Bertz CT molecular complexity index is 473. The molecule has 1 rings (SSSR count). The highest BCUT2D eigenvalue weighted by atomic mass is 79.9. The summed E-state index contributed by atoms with van der Waals surface area (Å²) in [4.78, 5) is 11.7. The Morgan fingerprint density at radius 1 is 1.17 bits per heavy atom. The highest BCUT2D eigenvalue weighted by Gasteiger charge is 2.26. The van der Waals surface area contributed by atoms with Gasteiger partial charge in [0, 0.05) is 11.9 Å². The van der Waals surface area contributed by atoms with Gasteiger partial charge < -0.3 is 14.8 Å². The largest absolute Gasteiger partial charge is 0.444 e. The van der Waals surface area contributed by atoms with Gasteiger partial charge in [-0.15, -0.1) is 0 Å². The molecule has 0 saturated heterocycles. The van der Waals surface area contributed by atoms with Crippen LogP contribution in [0.3, 0.4) is 0 Å². The SMILES string of the molecule is CC(C)(C)OC(=O)NCC(C)(CBr)OCCCc1ccccc1. The first-order valence-corrected chi connectivity index (χ1v) is 9.07. The number of hydrogen-bond acceptors (Lipinski definition) is 3. The second kappa shape index (κ2) is 9.28. The van der Waals surface area contributed by atoms with Gasteiger partial charge in [0.2, 0.25) is 0 Å². The van der Waals surface area contributed by atoms with E-state index >= 15 is 0 Å². The monoisotopic (exact) mass is 385 g/mol. The molecule has 1 unspecified atom stereocenters. The van der Waals surface area contributed by atoms with Gasteiger partial charge in [-0.2, -0.15) is 0 Å². The fourth-order valence-corrected chi connectivity index (χ4v) is 2.31. The summed E-state index contributed by atoms with van der Waals surface area (Å²) in [5, 5.41) is 3.41. The van der Waals surface area contributed by atoms with Gasteiger partial charge in [-0.05, 0) is 46.1 Å². The van der Waals surface area contributed by atoms with Crippen LogP contribution in [0, 0.1) is 0 Å². The molecule has 0 aliphatic heterocycles. The molecular weight excluding hydrogens is 358 g/mol. The van der Waals surface area contributed by atoms with Crippen molar-refractivity contribution in [1.82, 2.24) is 5.32 Å². The number of nitrogens with one attached hydrogen (secondary N) is 1. The summed E-state index contributed by atoms with van der Waals surface area (Å²) in [5.41, 5.74) is 0.363. The first-order chi connectivity index (χ1) is 10.7. The Kier molecular flexibility index (Phi) is 8.06. The van der Waals surface area contributed by atoms with Crippen LogP contribution in [0.25, 0.3) is 0 Å². The maximum absolute atomic E-state index is 11.7. The van der Waals surface area contributed by atoms with E-state index in [1.54, 1.807) is 0 Å². The summed E-state index contributed by atoms with van der Waals surface area (Å²) in [7, 11) is 0. The lowest BCUT2D eigenvalue weighted by molar-refractivity contribution is -0.0159. The smallest absolute Gasteiger partial charge is 0.407 e. The van der Waals surface area contributed by atoms with E-state index in [1.807, 2.05) is 45.9 Å². The average molecular weight is 386 g/mol. The lowest BCUT2D eigenvalue weighted by Crippen LogP contribution is -2.45. The molecule has 0 fully saturated rings. The zero-order chi connectivity index (χ0) is 17.3. The van der Waals surface area contributed by atoms with Crippen LogP contribution in [0.4, 0.5) is 4.79 Å². The van der Waals surface area contributed by atoms with Crippen molar-refractivity contribution in [3.05, 3.63) is 35.9 Å². The lowest BCUT2D eigenvalue weighted by atomic mass is 10.1. The molecule has 0 heterocycles. The summed E-state index contributed by atoms with van der Waals surface area (Å²) < 4.78 is 11.2. The van der Waals surface area contributed by atoms with Crippen molar-refractivity contribution < 1.29 is 14.3 Å². The van der Waals surface area contributed by atoms with Crippen LogP contribution >= 0.6 is 15.9 Å². The number of rotatable bonds is 8. The van der Waals surface area contributed by atoms with E-state index in [1.165, 1.54) is 5.56 Å². The molecule has 0 saturated carbocycles. The number of carbonyl (C=O) groups is 1. The molecule has 0 bridgehead atoms. The predicted octanol–water partition coefficient (Wildman–Crippen LogP) is 4.31. The second-order valence-corrected chi connectivity index (χ2v) is 7.44. The van der Waals surface area contributed by atoms with Crippen molar-refractivity contribution in [2.24, 2.45) is 0 Å². The maximum Gasteiger partial charge on any atom is 0.407 e. The Balaban J connectivity index is 2.31. The molecule has 4 nitrogen and oxygen atoms in total. The zero-order valence-corrected chi connectivity index (χ0v) is 16.1. The summed E-state index contributed by atoms with van der Waals surface area (Å²) >= 11 is 3.46. The van der Waals surface area contributed by atoms with Crippen LogP contribution in [0.15, 0.2) is 30.3 Å². The molecule has 5 heteroatoms. The summed E-state index contributed by atoms with van der Waals surface area (Å²) in [6.07, 6.45) is 1.51. The molecule has 0 aromatic heterocycles. The minimum atomic E-state index is -0.495. The highest BCUT2D eigenvalue weighted by molar-refractivity contribution is 9.09. The number of ether oxygens (including phenoxy) is 2. The lowest BCUT2D eigenvalue weighted by Gasteiger charge is -2.29. The van der Waals surface area contributed by atoms with Crippen molar-refractivity contribution in [3.63, 3.8) is 0 Å². The van der Waals surface area contributed by atoms with E-state index in [0.29, 0.717) is 18.5 Å². The summed E-state index contributed by atoms with van der Waals surface area (Å²) in [6, 6.07) is 10.3. The van der Waals surface area contributed by atoms with Gasteiger partial charge in [-0.1, -0.05) is 46.3 Å². The first kappa shape index (κ1) is 20.0. The number of aryl methyl sites for hydroxylation is 1. The summed E-state index contributed by atoms with van der Waals surface area (Å²) in [6.45, 7) is 8.55. The molecule has 23 heavy (non-hydrogen) atoms. The number of amides is 1. The zero-order valence-electron chi connectivity index (χ0n) is 14.5. The Labute approximate surface area is 148 Å². The fourth-order valence-electron chi connectivity index (χ4n) is 1.95. The molecular formula is C18H28BrNO3. The number of alkyl halides is 1. The third-order valence-electron chi connectivity index (χ3n) is 3.19. The number of halogens is 1. The summed E-state index contributed by atoms with van der Waals surface area (Å²) in [5.74, 6) is 0. The molecule has 0 radical (unpaired) electrons. The first-order valence-electron chi connectivity index (χ1n) is 7.95. The van der Waals surface area contributed by atoms with Crippen LogP contribution in [0.2, 0.25) is 0 Å². The number of alkyl carbamates (subject to hydrolysis) is 1. The molecule has 1 atom stereocenters. The van der Waals surface area contributed by atoms with Gasteiger partial charge in [0.25, 0.3) is 0 Å². The minimum Gasteiger partial charge on any atom is -0.444 e. The third kappa shape index (κ3) is 8.96. The Morgan fingerprint density at radius 3 is 2.39 bits per heavy atom. The third-order valence-corrected chi connectivity index (χ3v) is 4.38. The topological polar surface area (TPSA) is 47.6 Å². The van der Waals surface area contributed by atoms with E-state index in [4.69, 9.17) is 9.47 Å². The molecule has 0 spiro atoms. The minimum absolute atomic E-state index is 0.401. The van der Waals surface area contributed by atoms with Gasteiger partial charge in [0.1, 0.15) is 5.60 Å². The van der Waals surface area contributed by atoms with Gasteiger partial charge in [0.15, 0.2) is 0 Å². The molecule has 1 aromatic carbocycles. The molecule has 1 aromatic rings. The second-order valence-electron chi connectivity index (χ2n) is 6.88. The Hall–Kier alpha value is -1.07. The molecule has 1 amide bonds. The van der Waals surface area contributed by atoms with Crippen LogP contribution < -0.4 is 5.32 Å². The number of hydrogen-bond donors (Lipinski definition) is 1.